The Morgan fingerprint density at radius 3 is 2.25 bits per heavy atom. The topological polar surface area (TPSA) is 32.8 Å². The van der Waals surface area contributed by atoms with E-state index in [-0.39, 0.29) is 17.4 Å². The maximum absolute atomic E-state index is 12.8. The third-order valence-corrected chi connectivity index (χ3v) is 7.42. The zero-order valence-electron chi connectivity index (χ0n) is 18.7. The first-order chi connectivity index (χ1) is 15.4. The molecule has 2 aliphatic heterocycles. The van der Waals surface area contributed by atoms with Gasteiger partial charge in [0.05, 0.1) is 19.3 Å². The van der Waals surface area contributed by atoms with Crippen molar-refractivity contribution >= 4 is 29.1 Å². The highest BCUT2D eigenvalue weighted by Gasteiger charge is 2.38. The predicted molar refractivity (Wildman–Crippen MR) is 130 cm³/mol. The van der Waals surface area contributed by atoms with Crippen LogP contribution in [0.3, 0.4) is 0 Å². The van der Waals surface area contributed by atoms with Gasteiger partial charge in [-0.2, -0.15) is 0 Å². The third-order valence-electron chi connectivity index (χ3n) is 6.98. The van der Waals surface area contributed by atoms with Gasteiger partial charge in [0.25, 0.3) is 0 Å². The first-order valence-corrected chi connectivity index (χ1v) is 12.3. The summed E-state index contributed by atoms with van der Waals surface area (Å²) < 4.78 is 6.41. The van der Waals surface area contributed by atoms with Crippen LogP contribution in [0.5, 0.6) is 0 Å². The van der Waals surface area contributed by atoms with E-state index < -0.39 is 0 Å². The van der Waals surface area contributed by atoms with E-state index in [1.807, 2.05) is 30.0 Å². The maximum Gasteiger partial charge on any atom is 0.236 e. The second-order valence-electron chi connectivity index (χ2n) is 9.17. The quantitative estimate of drug-likeness (QED) is 0.513. The minimum atomic E-state index is -0.124. The van der Waals surface area contributed by atoms with Gasteiger partial charge in [-0.25, -0.2) is 0 Å². The number of rotatable bonds is 7. The molecule has 172 valence electrons. The largest absolute Gasteiger partial charge is 0.373 e. The maximum atomic E-state index is 12.8. The van der Waals surface area contributed by atoms with Gasteiger partial charge in [0, 0.05) is 28.5 Å². The molecular weight excluding hydrogens is 443 g/mol. The first kappa shape index (κ1) is 23.6. The van der Waals surface area contributed by atoms with E-state index in [1.165, 1.54) is 18.4 Å². The number of piperidine rings is 1. The average molecular weight is 475 g/mol. The lowest BCUT2D eigenvalue weighted by Crippen LogP contribution is -2.49. The molecule has 2 aliphatic rings. The average Bonchev–Trinajstić information content (AvgIpc) is 3.31. The Kier molecular flexibility index (Phi) is 7.78. The van der Waals surface area contributed by atoms with Crippen molar-refractivity contribution in [1.29, 1.82) is 0 Å². The van der Waals surface area contributed by atoms with Crippen LogP contribution in [0, 0.1) is 0 Å². The molecule has 0 saturated carbocycles. The number of benzene rings is 2. The molecule has 2 aromatic rings. The second-order valence-corrected chi connectivity index (χ2v) is 10.0. The highest BCUT2D eigenvalue weighted by atomic mass is 35.5. The summed E-state index contributed by atoms with van der Waals surface area (Å²) in [6.45, 7) is 6.82. The van der Waals surface area contributed by atoms with Gasteiger partial charge in [0.15, 0.2) is 0 Å². The fraction of sp³-hybridized carbons (Fsp3) is 0.500. The Morgan fingerprint density at radius 2 is 1.62 bits per heavy atom. The highest BCUT2D eigenvalue weighted by Crippen LogP contribution is 2.38. The van der Waals surface area contributed by atoms with Crippen LogP contribution in [0.2, 0.25) is 10.0 Å². The van der Waals surface area contributed by atoms with Crippen LogP contribution < -0.4 is 0 Å². The molecule has 0 N–H and O–H groups in total. The number of nitrogens with zero attached hydrogens (tertiary/aromatic N) is 2. The van der Waals surface area contributed by atoms with Crippen LogP contribution in [-0.4, -0.2) is 55.0 Å². The SMILES string of the molecule is CC(OCC1(c2ccccc2)CCN(C(=O)CN2CCCC2)CC1)c1cc(Cl)cc(Cl)c1. The van der Waals surface area contributed by atoms with Crippen LogP contribution in [0.4, 0.5) is 0 Å². The van der Waals surface area contributed by atoms with E-state index in [0.29, 0.717) is 23.2 Å². The molecule has 0 aliphatic carbocycles. The summed E-state index contributed by atoms with van der Waals surface area (Å²) in [5.74, 6) is 0.261. The molecule has 4 nitrogen and oxygen atoms in total. The molecular formula is C26H32Cl2N2O2. The number of halogens is 2. The van der Waals surface area contributed by atoms with Crippen LogP contribution in [0.1, 0.15) is 49.8 Å². The fourth-order valence-corrected chi connectivity index (χ4v) is 5.46. The van der Waals surface area contributed by atoms with E-state index >= 15 is 0 Å². The lowest BCUT2D eigenvalue weighted by atomic mass is 9.73. The molecule has 0 radical (unpaired) electrons. The van der Waals surface area contributed by atoms with E-state index in [2.05, 4.69) is 29.2 Å². The minimum Gasteiger partial charge on any atom is -0.373 e. The van der Waals surface area contributed by atoms with E-state index in [4.69, 9.17) is 27.9 Å². The molecule has 2 fully saturated rings. The number of carbonyl (C=O) groups is 1. The van der Waals surface area contributed by atoms with Crippen LogP contribution in [0.15, 0.2) is 48.5 Å². The smallest absolute Gasteiger partial charge is 0.236 e. The molecule has 2 saturated heterocycles. The van der Waals surface area contributed by atoms with Crippen molar-refractivity contribution < 1.29 is 9.53 Å². The number of ether oxygens (including phenoxy) is 1. The second kappa shape index (κ2) is 10.6. The van der Waals surface area contributed by atoms with Crippen molar-refractivity contribution in [1.82, 2.24) is 9.80 Å². The zero-order valence-corrected chi connectivity index (χ0v) is 20.2. The summed E-state index contributed by atoms with van der Waals surface area (Å²) in [6, 6.07) is 16.1. The summed E-state index contributed by atoms with van der Waals surface area (Å²) >= 11 is 12.4. The van der Waals surface area contributed by atoms with Crippen molar-refractivity contribution in [3.8, 4) is 0 Å². The molecule has 1 unspecified atom stereocenters. The van der Waals surface area contributed by atoms with Gasteiger partial charge in [0.1, 0.15) is 0 Å². The fourth-order valence-electron chi connectivity index (χ4n) is 4.91. The summed E-state index contributed by atoms with van der Waals surface area (Å²) in [5.41, 5.74) is 2.15. The molecule has 0 spiro atoms. The molecule has 0 bridgehead atoms. The number of amides is 1. The Hall–Kier alpha value is -1.59. The summed E-state index contributed by atoms with van der Waals surface area (Å²) in [7, 11) is 0. The lowest BCUT2D eigenvalue weighted by Gasteiger charge is -2.43. The standard InChI is InChI=1S/C26H32Cl2N2O2/c1-20(21-15-23(27)17-24(28)16-21)32-19-26(22-7-3-2-4-8-22)9-13-30(14-10-26)25(31)18-29-11-5-6-12-29/h2-4,7-8,15-17,20H,5-6,9-14,18-19H2,1H3. The summed E-state index contributed by atoms with van der Waals surface area (Å²) in [4.78, 5) is 17.2. The minimum absolute atomic E-state index is 0.109. The van der Waals surface area contributed by atoms with Gasteiger partial charge < -0.3 is 9.64 Å². The zero-order chi connectivity index (χ0) is 22.6. The van der Waals surface area contributed by atoms with Crippen LogP contribution >= 0.6 is 23.2 Å². The van der Waals surface area contributed by atoms with Crippen molar-refractivity contribution in [2.75, 3.05) is 39.3 Å². The number of hydrogen-bond acceptors (Lipinski definition) is 3. The monoisotopic (exact) mass is 474 g/mol. The Bertz CT molecular complexity index is 887. The van der Waals surface area contributed by atoms with E-state index in [1.54, 1.807) is 6.07 Å². The van der Waals surface area contributed by atoms with Crippen LogP contribution in [0.25, 0.3) is 0 Å². The molecule has 1 atom stereocenters. The Balaban J connectivity index is 1.43. The Labute approximate surface area is 201 Å². The number of hydrogen-bond donors (Lipinski definition) is 0. The van der Waals surface area contributed by atoms with Gasteiger partial charge in [-0.3, -0.25) is 9.69 Å². The van der Waals surface area contributed by atoms with E-state index in [0.717, 1.165) is 44.6 Å². The van der Waals surface area contributed by atoms with Crippen molar-refractivity contribution in [2.24, 2.45) is 0 Å². The molecule has 2 aromatic carbocycles. The predicted octanol–water partition coefficient (Wildman–Crippen LogP) is 5.73. The summed E-state index contributed by atoms with van der Waals surface area (Å²) in [6.07, 6.45) is 4.08. The molecule has 0 aromatic heterocycles. The molecule has 4 rings (SSSR count). The molecule has 6 heteroatoms. The number of likely N-dealkylation sites (tertiary alicyclic amines) is 2. The molecule has 2 heterocycles. The van der Waals surface area contributed by atoms with Crippen LogP contribution in [-0.2, 0) is 14.9 Å². The molecule has 32 heavy (non-hydrogen) atoms. The third kappa shape index (κ3) is 5.66. The van der Waals surface area contributed by atoms with E-state index in [9.17, 15) is 4.79 Å². The van der Waals surface area contributed by atoms with Gasteiger partial charge in [-0.15, -0.1) is 0 Å². The lowest BCUT2D eigenvalue weighted by molar-refractivity contribution is -0.134. The van der Waals surface area contributed by atoms with Gasteiger partial charge in [-0.05, 0) is 75.0 Å². The number of carbonyl (C=O) groups excluding carboxylic acids is 1. The normalized spacial score (nSPS) is 19.8. The van der Waals surface area contributed by atoms with Gasteiger partial charge in [0.2, 0.25) is 5.91 Å². The van der Waals surface area contributed by atoms with Crippen molar-refractivity contribution in [3.05, 3.63) is 69.7 Å². The van der Waals surface area contributed by atoms with Gasteiger partial charge in [-0.1, -0.05) is 53.5 Å². The Morgan fingerprint density at radius 1 is 1.00 bits per heavy atom. The molecule has 1 amide bonds. The summed E-state index contributed by atoms with van der Waals surface area (Å²) in [5, 5.41) is 1.23. The van der Waals surface area contributed by atoms with Gasteiger partial charge >= 0.3 is 0 Å². The van der Waals surface area contributed by atoms with Crippen molar-refractivity contribution in [2.45, 2.75) is 44.1 Å². The highest BCUT2D eigenvalue weighted by molar-refractivity contribution is 6.34. The van der Waals surface area contributed by atoms with Crippen molar-refractivity contribution in [3.63, 3.8) is 0 Å². The first-order valence-electron chi connectivity index (χ1n) is 11.6.